The molecule has 2 rings (SSSR count). The maximum Gasteiger partial charge on any atom is 0.145 e. The van der Waals surface area contributed by atoms with E-state index in [4.69, 9.17) is 4.74 Å². The molecule has 0 aliphatic carbocycles. The first-order valence-corrected chi connectivity index (χ1v) is 5.88. The van der Waals surface area contributed by atoms with Gasteiger partial charge >= 0.3 is 0 Å². The Balaban J connectivity index is 2.36. The van der Waals surface area contributed by atoms with Crippen LogP contribution in [-0.2, 0) is 0 Å². The van der Waals surface area contributed by atoms with Crippen LogP contribution >= 0.6 is 0 Å². The lowest BCUT2D eigenvalue weighted by Crippen LogP contribution is -2.04. The van der Waals surface area contributed by atoms with Crippen molar-refractivity contribution in [2.75, 3.05) is 19.0 Å². The van der Waals surface area contributed by atoms with E-state index in [1.165, 1.54) is 6.42 Å². The van der Waals surface area contributed by atoms with Crippen LogP contribution in [-0.4, -0.2) is 23.6 Å². The van der Waals surface area contributed by atoms with Gasteiger partial charge in [-0.05, 0) is 18.6 Å². The average molecular weight is 231 g/mol. The molecule has 0 aliphatic heterocycles. The quantitative estimate of drug-likeness (QED) is 0.804. The monoisotopic (exact) mass is 231 g/mol. The summed E-state index contributed by atoms with van der Waals surface area (Å²) in [7, 11) is 1.65. The van der Waals surface area contributed by atoms with Crippen LogP contribution in [0.5, 0.6) is 5.75 Å². The third kappa shape index (κ3) is 2.46. The SMILES string of the molecule is CCCCNc1ncnc2c(OC)cccc12. The molecular formula is C13H17N3O. The van der Waals surface area contributed by atoms with Crippen molar-refractivity contribution in [3.8, 4) is 5.75 Å². The van der Waals surface area contributed by atoms with Gasteiger partial charge in [-0.15, -0.1) is 0 Å². The van der Waals surface area contributed by atoms with Crippen LogP contribution in [0.4, 0.5) is 5.82 Å². The van der Waals surface area contributed by atoms with Gasteiger partial charge in [-0.25, -0.2) is 9.97 Å². The number of anilines is 1. The van der Waals surface area contributed by atoms with Gasteiger partial charge in [0.25, 0.3) is 0 Å². The van der Waals surface area contributed by atoms with Gasteiger partial charge in [0.2, 0.25) is 0 Å². The fraction of sp³-hybridized carbons (Fsp3) is 0.385. The summed E-state index contributed by atoms with van der Waals surface area (Å²) in [5.74, 6) is 1.66. The largest absolute Gasteiger partial charge is 0.494 e. The molecule has 17 heavy (non-hydrogen) atoms. The number of fused-ring (bicyclic) bond motifs is 1. The maximum absolute atomic E-state index is 5.29. The number of methoxy groups -OCH3 is 1. The Hall–Kier alpha value is -1.84. The van der Waals surface area contributed by atoms with Crippen LogP contribution in [0.2, 0.25) is 0 Å². The van der Waals surface area contributed by atoms with E-state index in [2.05, 4.69) is 22.2 Å². The van der Waals surface area contributed by atoms with E-state index in [-0.39, 0.29) is 0 Å². The van der Waals surface area contributed by atoms with Crippen LogP contribution in [0.1, 0.15) is 19.8 Å². The van der Waals surface area contributed by atoms with E-state index in [1.807, 2.05) is 18.2 Å². The Morgan fingerprint density at radius 2 is 2.18 bits per heavy atom. The summed E-state index contributed by atoms with van der Waals surface area (Å²) in [5.41, 5.74) is 0.851. The third-order valence-corrected chi connectivity index (χ3v) is 2.67. The van der Waals surface area contributed by atoms with Crippen molar-refractivity contribution < 1.29 is 4.74 Å². The van der Waals surface area contributed by atoms with Gasteiger partial charge in [-0.3, -0.25) is 0 Å². The second kappa shape index (κ2) is 5.48. The number of rotatable bonds is 5. The normalized spacial score (nSPS) is 10.5. The molecule has 0 fully saturated rings. The fourth-order valence-electron chi connectivity index (χ4n) is 1.75. The van der Waals surface area contributed by atoms with Crippen molar-refractivity contribution in [1.29, 1.82) is 0 Å². The standard InChI is InChI=1S/C13H17N3O/c1-3-4-8-14-13-10-6-5-7-11(17-2)12(10)15-9-16-13/h5-7,9H,3-4,8H2,1-2H3,(H,14,15,16). The molecule has 1 N–H and O–H groups in total. The molecule has 2 aromatic rings. The van der Waals surface area contributed by atoms with Gasteiger partial charge < -0.3 is 10.1 Å². The predicted octanol–water partition coefficient (Wildman–Crippen LogP) is 2.85. The summed E-state index contributed by atoms with van der Waals surface area (Å²) >= 11 is 0. The molecule has 1 heterocycles. The molecule has 0 aliphatic rings. The van der Waals surface area contributed by atoms with E-state index < -0.39 is 0 Å². The van der Waals surface area contributed by atoms with Gasteiger partial charge in [0.15, 0.2) is 0 Å². The molecule has 4 nitrogen and oxygen atoms in total. The highest BCUT2D eigenvalue weighted by molar-refractivity contribution is 5.92. The Morgan fingerprint density at radius 1 is 1.29 bits per heavy atom. The van der Waals surface area contributed by atoms with E-state index >= 15 is 0 Å². The molecular weight excluding hydrogens is 214 g/mol. The molecule has 0 saturated carbocycles. The minimum Gasteiger partial charge on any atom is -0.494 e. The van der Waals surface area contributed by atoms with Crippen molar-refractivity contribution in [3.05, 3.63) is 24.5 Å². The van der Waals surface area contributed by atoms with Gasteiger partial charge in [-0.1, -0.05) is 19.4 Å². The van der Waals surface area contributed by atoms with E-state index in [0.717, 1.165) is 35.4 Å². The van der Waals surface area contributed by atoms with Crippen molar-refractivity contribution >= 4 is 16.7 Å². The van der Waals surface area contributed by atoms with Crippen LogP contribution in [0.3, 0.4) is 0 Å². The number of para-hydroxylation sites is 1. The zero-order valence-corrected chi connectivity index (χ0v) is 10.2. The molecule has 0 saturated heterocycles. The zero-order chi connectivity index (χ0) is 12.1. The number of benzene rings is 1. The molecule has 0 spiro atoms. The topological polar surface area (TPSA) is 47.0 Å². The van der Waals surface area contributed by atoms with Crippen LogP contribution in [0, 0.1) is 0 Å². The van der Waals surface area contributed by atoms with Gasteiger partial charge in [0.05, 0.1) is 7.11 Å². The second-order valence-corrected chi connectivity index (χ2v) is 3.86. The lowest BCUT2D eigenvalue weighted by molar-refractivity contribution is 0.419. The number of nitrogens with one attached hydrogen (secondary N) is 1. The van der Waals surface area contributed by atoms with Gasteiger partial charge in [0.1, 0.15) is 23.4 Å². The minimum atomic E-state index is 0.781. The van der Waals surface area contributed by atoms with Crippen molar-refractivity contribution in [3.63, 3.8) is 0 Å². The molecule has 0 atom stereocenters. The molecule has 0 unspecified atom stereocenters. The van der Waals surface area contributed by atoms with Gasteiger partial charge in [0, 0.05) is 11.9 Å². The summed E-state index contributed by atoms with van der Waals surface area (Å²) in [6.07, 6.45) is 3.87. The summed E-state index contributed by atoms with van der Waals surface area (Å²) in [5, 5.41) is 4.34. The highest BCUT2D eigenvalue weighted by atomic mass is 16.5. The number of hydrogen-bond donors (Lipinski definition) is 1. The van der Waals surface area contributed by atoms with Crippen LogP contribution in [0.15, 0.2) is 24.5 Å². The molecule has 1 aromatic carbocycles. The number of nitrogens with zero attached hydrogens (tertiary/aromatic N) is 2. The number of unbranched alkanes of at least 4 members (excludes halogenated alkanes) is 1. The van der Waals surface area contributed by atoms with E-state index in [0.29, 0.717) is 0 Å². The second-order valence-electron chi connectivity index (χ2n) is 3.86. The van der Waals surface area contributed by atoms with Crippen LogP contribution in [0.25, 0.3) is 10.9 Å². The average Bonchev–Trinajstić information content (AvgIpc) is 2.38. The summed E-state index contributed by atoms with van der Waals surface area (Å²) in [6, 6.07) is 5.87. The van der Waals surface area contributed by atoms with Crippen molar-refractivity contribution in [1.82, 2.24) is 9.97 Å². The number of aromatic nitrogens is 2. The Morgan fingerprint density at radius 3 is 2.94 bits per heavy atom. The molecule has 0 bridgehead atoms. The van der Waals surface area contributed by atoms with Gasteiger partial charge in [-0.2, -0.15) is 0 Å². The summed E-state index contributed by atoms with van der Waals surface area (Å²) in [4.78, 5) is 8.54. The third-order valence-electron chi connectivity index (χ3n) is 2.67. The highest BCUT2D eigenvalue weighted by Gasteiger charge is 2.06. The Kier molecular flexibility index (Phi) is 3.75. The number of ether oxygens (including phenoxy) is 1. The lowest BCUT2D eigenvalue weighted by Gasteiger charge is -2.09. The number of hydrogen-bond acceptors (Lipinski definition) is 4. The van der Waals surface area contributed by atoms with E-state index in [1.54, 1.807) is 13.4 Å². The van der Waals surface area contributed by atoms with Crippen molar-refractivity contribution in [2.45, 2.75) is 19.8 Å². The maximum atomic E-state index is 5.29. The fourth-order valence-corrected chi connectivity index (χ4v) is 1.75. The molecule has 1 aromatic heterocycles. The smallest absolute Gasteiger partial charge is 0.145 e. The van der Waals surface area contributed by atoms with Crippen LogP contribution < -0.4 is 10.1 Å². The Labute approximate surface area is 101 Å². The first-order chi connectivity index (χ1) is 8.36. The molecule has 4 heteroatoms. The predicted molar refractivity (Wildman–Crippen MR) is 69.5 cm³/mol. The first kappa shape index (κ1) is 11.6. The molecule has 90 valence electrons. The molecule has 0 radical (unpaired) electrons. The van der Waals surface area contributed by atoms with Crippen molar-refractivity contribution in [2.24, 2.45) is 0 Å². The lowest BCUT2D eigenvalue weighted by atomic mass is 10.2. The van der Waals surface area contributed by atoms with E-state index in [9.17, 15) is 0 Å². The zero-order valence-electron chi connectivity index (χ0n) is 10.2. The summed E-state index contributed by atoms with van der Waals surface area (Å²) in [6.45, 7) is 3.10. The highest BCUT2D eigenvalue weighted by Crippen LogP contribution is 2.26. The minimum absolute atomic E-state index is 0.781. The molecule has 0 amide bonds. The Bertz CT molecular complexity index is 499. The summed E-state index contributed by atoms with van der Waals surface area (Å²) < 4.78 is 5.29. The first-order valence-electron chi connectivity index (χ1n) is 5.88.